The molecule has 0 spiro atoms. The predicted octanol–water partition coefficient (Wildman–Crippen LogP) is 1.33. The maximum Gasteiger partial charge on any atom is 0.131 e. The molecule has 0 aliphatic carbocycles. The summed E-state index contributed by atoms with van der Waals surface area (Å²) in [7, 11) is 0. The van der Waals surface area contributed by atoms with Gasteiger partial charge in [-0.2, -0.15) is 0 Å². The van der Waals surface area contributed by atoms with Crippen molar-refractivity contribution >= 4 is 11.6 Å². The van der Waals surface area contributed by atoms with E-state index in [1.165, 1.54) is 0 Å². The first-order valence-electron chi connectivity index (χ1n) is 5.56. The number of hydrogen-bond acceptors (Lipinski definition) is 5. The molecular formula is C11H20N4O. The molecule has 1 heterocycles. The fourth-order valence-electron chi connectivity index (χ4n) is 1.44. The van der Waals surface area contributed by atoms with E-state index in [-0.39, 0.29) is 0 Å². The molecule has 1 aromatic heterocycles. The van der Waals surface area contributed by atoms with Gasteiger partial charge in [-0.3, -0.25) is 0 Å². The first kappa shape index (κ1) is 12.7. The Kier molecular flexibility index (Phi) is 4.06. The van der Waals surface area contributed by atoms with Crippen LogP contribution in [0.1, 0.15) is 32.5 Å². The molecule has 90 valence electrons. The molecule has 0 saturated carbocycles. The summed E-state index contributed by atoms with van der Waals surface area (Å²) in [4.78, 5) is 8.18. The zero-order valence-corrected chi connectivity index (χ0v) is 10.1. The third kappa shape index (κ3) is 3.34. The van der Waals surface area contributed by atoms with Crippen LogP contribution in [0.15, 0.2) is 6.07 Å². The zero-order chi connectivity index (χ0) is 12.2. The van der Waals surface area contributed by atoms with Gasteiger partial charge in [-0.15, -0.1) is 0 Å². The molecule has 0 fully saturated rings. The van der Waals surface area contributed by atoms with Gasteiger partial charge in [0, 0.05) is 12.6 Å². The van der Waals surface area contributed by atoms with Crippen LogP contribution in [0.4, 0.5) is 11.6 Å². The van der Waals surface area contributed by atoms with E-state index in [2.05, 4.69) is 15.3 Å². The number of aryl methyl sites for hydroxylation is 1. The maximum absolute atomic E-state index is 10.1. The van der Waals surface area contributed by atoms with E-state index in [0.717, 1.165) is 0 Å². The average Bonchev–Trinajstić information content (AvgIpc) is 2.25. The topological polar surface area (TPSA) is 84.1 Å². The largest absolute Gasteiger partial charge is 0.388 e. The number of aliphatic hydroxyl groups is 1. The van der Waals surface area contributed by atoms with Crippen LogP contribution in [-0.4, -0.2) is 27.2 Å². The second-order valence-electron chi connectivity index (χ2n) is 4.01. The maximum atomic E-state index is 10.1. The molecule has 5 nitrogen and oxygen atoms in total. The predicted molar refractivity (Wildman–Crippen MR) is 65.2 cm³/mol. The monoisotopic (exact) mass is 224 g/mol. The van der Waals surface area contributed by atoms with E-state index in [1.54, 1.807) is 13.0 Å². The quantitative estimate of drug-likeness (QED) is 0.702. The number of anilines is 2. The summed E-state index contributed by atoms with van der Waals surface area (Å²) in [5, 5.41) is 13.2. The SMILES string of the molecule is CCC(O)(CC)CNc1cc(N)nc(C)n1. The molecule has 5 heteroatoms. The lowest BCUT2D eigenvalue weighted by Crippen LogP contribution is -2.35. The fourth-order valence-corrected chi connectivity index (χ4v) is 1.44. The number of nitrogens with two attached hydrogens (primary N) is 1. The van der Waals surface area contributed by atoms with E-state index in [1.807, 2.05) is 13.8 Å². The number of nitrogens with one attached hydrogen (secondary N) is 1. The minimum absolute atomic E-state index is 0.437. The van der Waals surface area contributed by atoms with Crippen molar-refractivity contribution in [3.63, 3.8) is 0 Å². The molecule has 0 unspecified atom stereocenters. The van der Waals surface area contributed by atoms with Crippen molar-refractivity contribution in [1.29, 1.82) is 0 Å². The Morgan fingerprint density at radius 2 is 2.00 bits per heavy atom. The molecule has 0 aromatic carbocycles. The summed E-state index contributed by atoms with van der Waals surface area (Å²) < 4.78 is 0. The molecule has 1 aromatic rings. The molecule has 1 rings (SSSR count). The highest BCUT2D eigenvalue weighted by molar-refractivity contribution is 5.44. The Hall–Kier alpha value is -1.36. The van der Waals surface area contributed by atoms with Gasteiger partial charge in [0.05, 0.1) is 5.60 Å². The number of hydrogen-bond donors (Lipinski definition) is 3. The lowest BCUT2D eigenvalue weighted by atomic mass is 9.98. The summed E-state index contributed by atoms with van der Waals surface area (Å²) in [6, 6.07) is 1.67. The fraction of sp³-hybridized carbons (Fsp3) is 0.636. The van der Waals surface area contributed by atoms with Gasteiger partial charge < -0.3 is 16.2 Å². The normalized spacial score (nSPS) is 11.5. The lowest BCUT2D eigenvalue weighted by Gasteiger charge is -2.25. The smallest absolute Gasteiger partial charge is 0.131 e. The van der Waals surface area contributed by atoms with Crippen molar-refractivity contribution in [1.82, 2.24) is 9.97 Å². The van der Waals surface area contributed by atoms with Gasteiger partial charge >= 0.3 is 0 Å². The number of nitrogen functional groups attached to an aromatic ring is 1. The molecule has 0 aliphatic heterocycles. The van der Waals surface area contributed by atoms with Crippen molar-refractivity contribution in [2.45, 2.75) is 39.2 Å². The van der Waals surface area contributed by atoms with Crippen LogP contribution in [-0.2, 0) is 0 Å². The minimum atomic E-state index is -0.687. The summed E-state index contributed by atoms with van der Waals surface area (Å²) in [5.74, 6) is 1.72. The molecule has 0 saturated heterocycles. The molecular weight excluding hydrogens is 204 g/mol. The average molecular weight is 224 g/mol. The molecule has 4 N–H and O–H groups in total. The van der Waals surface area contributed by atoms with Crippen LogP contribution < -0.4 is 11.1 Å². The Morgan fingerprint density at radius 3 is 2.50 bits per heavy atom. The molecule has 0 bridgehead atoms. The van der Waals surface area contributed by atoms with Crippen molar-refractivity contribution in [2.24, 2.45) is 0 Å². The van der Waals surface area contributed by atoms with Crippen molar-refractivity contribution in [2.75, 3.05) is 17.6 Å². The van der Waals surface area contributed by atoms with Crippen LogP contribution in [0, 0.1) is 6.92 Å². The molecule has 0 aliphatic rings. The highest BCUT2D eigenvalue weighted by Crippen LogP contribution is 2.16. The summed E-state index contributed by atoms with van der Waals surface area (Å²) in [5.41, 5.74) is 4.92. The Morgan fingerprint density at radius 1 is 1.38 bits per heavy atom. The van der Waals surface area contributed by atoms with Crippen molar-refractivity contribution in [3.8, 4) is 0 Å². The number of rotatable bonds is 5. The van der Waals surface area contributed by atoms with Crippen molar-refractivity contribution < 1.29 is 5.11 Å². The lowest BCUT2D eigenvalue weighted by molar-refractivity contribution is 0.0456. The first-order valence-corrected chi connectivity index (χ1v) is 5.56. The highest BCUT2D eigenvalue weighted by Gasteiger charge is 2.21. The highest BCUT2D eigenvalue weighted by atomic mass is 16.3. The second-order valence-corrected chi connectivity index (χ2v) is 4.01. The molecule has 0 atom stereocenters. The van der Waals surface area contributed by atoms with E-state index < -0.39 is 5.60 Å². The third-order valence-corrected chi connectivity index (χ3v) is 2.77. The van der Waals surface area contributed by atoms with Gasteiger partial charge in [-0.05, 0) is 19.8 Å². The van der Waals surface area contributed by atoms with Crippen molar-refractivity contribution in [3.05, 3.63) is 11.9 Å². The van der Waals surface area contributed by atoms with Crippen LogP contribution in [0.25, 0.3) is 0 Å². The van der Waals surface area contributed by atoms with E-state index in [4.69, 9.17) is 5.73 Å². The molecule has 16 heavy (non-hydrogen) atoms. The van der Waals surface area contributed by atoms with Crippen LogP contribution in [0.2, 0.25) is 0 Å². The van der Waals surface area contributed by atoms with Gasteiger partial charge in [-0.1, -0.05) is 13.8 Å². The van der Waals surface area contributed by atoms with Crippen LogP contribution >= 0.6 is 0 Å². The van der Waals surface area contributed by atoms with E-state index >= 15 is 0 Å². The summed E-state index contributed by atoms with van der Waals surface area (Å²) >= 11 is 0. The van der Waals surface area contributed by atoms with Gasteiger partial charge in [0.2, 0.25) is 0 Å². The third-order valence-electron chi connectivity index (χ3n) is 2.77. The number of aromatic nitrogens is 2. The van der Waals surface area contributed by atoms with Gasteiger partial charge in [0.25, 0.3) is 0 Å². The Balaban J connectivity index is 2.67. The van der Waals surface area contributed by atoms with E-state index in [9.17, 15) is 5.11 Å². The van der Waals surface area contributed by atoms with Crippen LogP contribution in [0.3, 0.4) is 0 Å². The Labute approximate surface area is 96.1 Å². The summed E-state index contributed by atoms with van der Waals surface area (Å²) in [6.07, 6.45) is 1.41. The van der Waals surface area contributed by atoms with E-state index in [0.29, 0.717) is 36.8 Å². The summed E-state index contributed by atoms with van der Waals surface area (Å²) in [6.45, 7) is 6.18. The van der Waals surface area contributed by atoms with Gasteiger partial charge in [0.1, 0.15) is 17.5 Å². The van der Waals surface area contributed by atoms with Gasteiger partial charge in [-0.25, -0.2) is 9.97 Å². The Bertz CT molecular complexity index is 330. The minimum Gasteiger partial charge on any atom is -0.388 e. The molecule has 0 radical (unpaired) electrons. The van der Waals surface area contributed by atoms with Crippen LogP contribution in [0.5, 0.6) is 0 Å². The first-order chi connectivity index (χ1) is 7.49. The second kappa shape index (κ2) is 5.12. The van der Waals surface area contributed by atoms with Gasteiger partial charge in [0.15, 0.2) is 0 Å². The molecule has 0 amide bonds. The standard InChI is InChI=1S/C11H20N4O/c1-4-11(16,5-2)7-13-10-6-9(12)14-8(3)15-10/h6,16H,4-5,7H2,1-3H3,(H3,12,13,14,15). The number of nitrogens with zero attached hydrogens (tertiary/aromatic N) is 2. The zero-order valence-electron chi connectivity index (χ0n) is 10.1.